The number of hydrogen-bond donors (Lipinski definition) is 8. The van der Waals surface area contributed by atoms with Crippen LogP contribution in [0.25, 0.3) is 110 Å². The third-order valence-corrected chi connectivity index (χ3v) is 22.2. The van der Waals surface area contributed by atoms with Crippen LogP contribution in [-0.2, 0) is 0 Å². The summed E-state index contributed by atoms with van der Waals surface area (Å²) < 4.78 is 21.5. The van der Waals surface area contributed by atoms with Crippen LogP contribution < -0.4 is 43.5 Å². The fourth-order valence-corrected chi connectivity index (χ4v) is 16.1. The van der Waals surface area contributed by atoms with E-state index >= 15 is 0 Å². The van der Waals surface area contributed by atoms with Gasteiger partial charge in [-0.25, -0.2) is 64.2 Å². The molecule has 124 heavy (non-hydrogen) atoms. The Hall–Kier alpha value is -15.8. The molecule has 0 bridgehead atoms. The minimum absolute atomic E-state index is 0.0194. The molecule has 4 atom stereocenters. The predicted molar refractivity (Wildman–Crippen MR) is 486 cm³/mol. The first-order valence-electron chi connectivity index (χ1n) is 40.3. The van der Waals surface area contributed by atoms with E-state index in [9.17, 15) is 23.6 Å². The number of nitrogens with one attached hydrogen (secondary N) is 8. The van der Waals surface area contributed by atoms with Crippen LogP contribution in [0.1, 0.15) is 110 Å². The number of aromatic nitrogens is 20. The lowest BCUT2D eigenvalue weighted by molar-refractivity contribution is 0.611. The molecule has 0 aliphatic heterocycles. The van der Waals surface area contributed by atoms with Crippen LogP contribution in [-0.4, -0.2) is 98.0 Å². The Morgan fingerprint density at radius 1 is 0.347 bits per heavy atom. The summed E-state index contributed by atoms with van der Waals surface area (Å²) in [6, 6.07) is 63.9. The van der Waals surface area contributed by atoms with Gasteiger partial charge in [0.25, 0.3) is 22.2 Å². The van der Waals surface area contributed by atoms with Gasteiger partial charge in [-0.3, -0.25) is 37.4 Å². The fourth-order valence-electron chi connectivity index (χ4n) is 15.8. The second-order valence-electron chi connectivity index (χ2n) is 29.9. The van der Waals surface area contributed by atoms with E-state index in [-0.39, 0.29) is 52.1 Å². The number of rotatable bonds is 18. The Bertz CT molecular complexity index is 7640. The molecular formula is C94H82ClFN24O4. The van der Waals surface area contributed by atoms with Gasteiger partial charge in [0, 0.05) is 39.8 Å². The lowest BCUT2D eigenvalue weighted by atomic mass is 10.0. The average Bonchev–Trinajstić information content (AvgIpc) is 0.908. The number of imidazole rings is 4. The van der Waals surface area contributed by atoms with Gasteiger partial charge in [-0.15, -0.1) is 0 Å². The van der Waals surface area contributed by atoms with Crippen molar-refractivity contribution in [3.05, 3.63) is 354 Å². The molecule has 0 fully saturated rings. The molecule has 0 saturated carbocycles. The van der Waals surface area contributed by atoms with E-state index in [0.717, 1.165) is 113 Å². The lowest BCUT2D eigenvalue weighted by Gasteiger charge is -2.24. The van der Waals surface area contributed by atoms with Gasteiger partial charge in [0.1, 0.15) is 53.2 Å². The van der Waals surface area contributed by atoms with Crippen LogP contribution in [0.5, 0.6) is 0 Å². The summed E-state index contributed by atoms with van der Waals surface area (Å²) in [6.07, 6.45) is 13.7. The first-order valence-corrected chi connectivity index (χ1v) is 40.6. The molecule has 12 aromatic heterocycles. The number of fused-ring (bicyclic) bond motifs is 8. The van der Waals surface area contributed by atoms with Gasteiger partial charge in [-0.05, 0) is 171 Å². The van der Waals surface area contributed by atoms with Crippen molar-refractivity contribution in [2.45, 2.75) is 92.4 Å². The molecule has 8 aromatic carbocycles. The van der Waals surface area contributed by atoms with Gasteiger partial charge < -0.3 is 41.2 Å². The van der Waals surface area contributed by atoms with E-state index < -0.39 is 5.82 Å². The largest absolute Gasteiger partial charge is 0.360 e. The van der Waals surface area contributed by atoms with Crippen LogP contribution >= 0.6 is 11.6 Å². The Balaban J connectivity index is 0.000000117. The Morgan fingerprint density at radius 3 is 1.06 bits per heavy atom. The van der Waals surface area contributed by atoms with Gasteiger partial charge in [-0.2, -0.15) is 0 Å². The molecule has 0 aliphatic carbocycles. The van der Waals surface area contributed by atoms with Crippen molar-refractivity contribution < 1.29 is 4.39 Å². The van der Waals surface area contributed by atoms with Gasteiger partial charge in [0.15, 0.2) is 45.9 Å². The Kier molecular flexibility index (Phi) is 22.7. The van der Waals surface area contributed by atoms with E-state index in [4.69, 9.17) is 11.6 Å². The Labute approximate surface area is 711 Å². The summed E-state index contributed by atoms with van der Waals surface area (Å²) in [5, 5.41) is 20.2. The fraction of sp³-hybridized carbons (Fsp3) is 0.149. The van der Waals surface area contributed by atoms with Crippen LogP contribution in [0.4, 0.5) is 27.7 Å². The minimum Gasteiger partial charge on any atom is -0.360 e. The maximum atomic E-state index is 14.8. The summed E-state index contributed by atoms with van der Waals surface area (Å²) in [5.74, 6) is 2.01. The molecule has 30 heteroatoms. The molecule has 0 radical (unpaired) electrons. The number of aromatic amines is 4. The first-order chi connectivity index (χ1) is 60.4. The standard InChI is InChI=1S/C25H24N6O.C24H22N6O.C23H19FN6O.C22H17ClN6O/c1-4-19(30-24-22-23(27-13-26-22)28-14-29-24)20-12-17-7-5-6-16(3)21(17)25(32)31(20)18-10-8-15(2)9-11-18;1-3-18(29-23-21-22(26-13-25-21)27-14-28-23)19-12-16-9-7-8-15(2)20(16)24(31)30(19)17-10-5-4-6-11-17;1-13-6-5-7-15-10-18(14(2)29-22-20-21(26-11-25-20)27-12-28-22)30(23(31)19(13)15)17-9-4-3-8-16(17)24;1-13(28-21-19-20(25-11-24-19)26-12-27-21)17-10-14-6-5-9-16(23)18(14)22(30)29(17)15-7-3-2-4-8-15/h5-14,19H,4H2,1-3H3,(H2,26,27,28,29,30);4-14,18H,3H2,1-2H3,(H2,25,26,27,28,29);3-12,14H,1-2H3,(H2,25,26,27,28,29);2-13H,1H3,(H2,24,25,26,27,28). The second-order valence-corrected chi connectivity index (χ2v) is 30.3. The Morgan fingerprint density at radius 2 is 0.669 bits per heavy atom. The van der Waals surface area contributed by atoms with Crippen molar-refractivity contribution in [2.24, 2.45) is 0 Å². The highest BCUT2D eigenvalue weighted by Gasteiger charge is 2.27. The zero-order valence-electron chi connectivity index (χ0n) is 68.5. The van der Waals surface area contributed by atoms with Gasteiger partial charge in [0.05, 0.1) is 81.7 Å². The molecule has 28 nitrogen and oxygen atoms in total. The number of halogens is 2. The first kappa shape index (κ1) is 80.6. The molecule has 0 spiro atoms. The van der Waals surface area contributed by atoms with E-state index in [1.165, 1.54) is 35.9 Å². The van der Waals surface area contributed by atoms with Gasteiger partial charge in [0.2, 0.25) is 0 Å². The maximum Gasteiger partial charge on any atom is 0.264 e. The van der Waals surface area contributed by atoms with E-state index in [1.54, 1.807) is 54.1 Å². The zero-order valence-corrected chi connectivity index (χ0v) is 69.3. The molecule has 0 amide bonds. The van der Waals surface area contributed by atoms with Crippen molar-refractivity contribution in [1.29, 1.82) is 0 Å². The molecule has 4 unspecified atom stereocenters. The van der Waals surface area contributed by atoms with Crippen molar-refractivity contribution >= 4 is 123 Å². The van der Waals surface area contributed by atoms with Crippen LogP contribution in [0.15, 0.2) is 276 Å². The number of anilines is 4. The average molecular weight is 1670 g/mol. The number of hydrogen-bond acceptors (Lipinski definition) is 20. The highest BCUT2D eigenvalue weighted by Crippen LogP contribution is 2.35. The van der Waals surface area contributed by atoms with E-state index in [0.29, 0.717) is 78.4 Å². The molecule has 0 saturated heterocycles. The molecule has 616 valence electrons. The maximum absolute atomic E-state index is 14.8. The summed E-state index contributed by atoms with van der Waals surface area (Å²) in [5.41, 5.74) is 14.4. The van der Waals surface area contributed by atoms with Crippen molar-refractivity contribution in [1.82, 2.24) is 98.0 Å². The third-order valence-electron chi connectivity index (χ3n) is 21.9. The summed E-state index contributed by atoms with van der Waals surface area (Å²) in [7, 11) is 0. The highest BCUT2D eigenvalue weighted by molar-refractivity contribution is 6.35. The van der Waals surface area contributed by atoms with Crippen LogP contribution in [0.3, 0.4) is 0 Å². The number of para-hydroxylation sites is 3. The summed E-state index contributed by atoms with van der Waals surface area (Å²) in [6.45, 7) is 15.9. The monoisotopic (exact) mass is 1660 g/mol. The minimum atomic E-state index is -0.469. The SMILES string of the molecule is CC(Nc1ncnc2nc[nH]c12)c1cc2cccc(Cl)c2c(=O)n1-c1ccccc1.CCC(Nc1ncnc2nc[nH]c12)c1cc2cccc(C)c2c(=O)n1-c1ccc(C)cc1.CCC(Nc1ncnc2nc[nH]c12)c1cc2cccc(C)c2c(=O)n1-c1ccccc1.Cc1cccc2cc(C(C)Nc3ncnc4nc[nH]c34)n(-c3ccccc3F)c(=O)c12. The zero-order chi connectivity index (χ0) is 85.8. The molecule has 20 aromatic rings. The number of nitrogens with zero attached hydrogens (tertiary/aromatic N) is 16. The topological polar surface area (TPSA) is 354 Å². The van der Waals surface area contributed by atoms with E-state index in [1.807, 2.05) is 214 Å². The number of aryl methyl sites for hydroxylation is 4. The van der Waals surface area contributed by atoms with Gasteiger partial charge in [-0.1, -0.05) is 158 Å². The van der Waals surface area contributed by atoms with Crippen molar-refractivity contribution in [3.8, 4) is 22.7 Å². The highest BCUT2D eigenvalue weighted by atomic mass is 35.5. The molecule has 8 N–H and O–H groups in total. The normalized spacial score (nSPS) is 12.3. The quantitative estimate of drug-likeness (QED) is 0.0395. The van der Waals surface area contributed by atoms with E-state index in [2.05, 4.69) is 127 Å². The molecule has 0 aliphatic rings. The summed E-state index contributed by atoms with van der Waals surface area (Å²) in [4.78, 5) is 118. The van der Waals surface area contributed by atoms with Crippen molar-refractivity contribution in [3.63, 3.8) is 0 Å². The third kappa shape index (κ3) is 15.8. The lowest BCUT2D eigenvalue weighted by Crippen LogP contribution is -2.27. The van der Waals surface area contributed by atoms with Gasteiger partial charge >= 0.3 is 0 Å². The molecular weight excluding hydrogens is 1580 g/mol. The van der Waals surface area contributed by atoms with Crippen LogP contribution in [0.2, 0.25) is 5.02 Å². The van der Waals surface area contributed by atoms with Crippen molar-refractivity contribution in [2.75, 3.05) is 21.3 Å². The number of H-pyrrole nitrogens is 4. The smallest absolute Gasteiger partial charge is 0.264 e. The molecule has 12 heterocycles. The molecule has 20 rings (SSSR count). The predicted octanol–water partition coefficient (Wildman–Crippen LogP) is 18.1. The second kappa shape index (κ2) is 34.9. The summed E-state index contributed by atoms with van der Waals surface area (Å²) >= 11 is 6.38. The number of pyridine rings is 4. The number of benzene rings is 8. The van der Waals surface area contributed by atoms with Crippen LogP contribution in [0, 0.1) is 33.5 Å².